The molecule has 1 aromatic heterocycles. The molecule has 5 heteroatoms. The van der Waals surface area contributed by atoms with Crippen molar-refractivity contribution in [2.24, 2.45) is 4.99 Å². The molecular formula is C14H23N3OS. The van der Waals surface area contributed by atoms with Crippen molar-refractivity contribution in [3.05, 3.63) is 23.2 Å². The lowest BCUT2D eigenvalue weighted by Crippen LogP contribution is -2.39. The van der Waals surface area contributed by atoms with Crippen LogP contribution in [0.2, 0.25) is 0 Å². The first-order chi connectivity index (χ1) is 9.19. The monoisotopic (exact) mass is 281 g/mol. The molecule has 0 aromatic carbocycles. The largest absolute Gasteiger partial charge is 0.466 e. The van der Waals surface area contributed by atoms with Crippen LogP contribution in [0.15, 0.2) is 15.5 Å². The molecule has 0 aliphatic carbocycles. The van der Waals surface area contributed by atoms with Gasteiger partial charge in [-0.1, -0.05) is 0 Å². The minimum absolute atomic E-state index is 0.733. The van der Waals surface area contributed by atoms with Crippen LogP contribution in [0, 0.1) is 13.8 Å². The SMILES string of the molecule is CN=C(NCc1cc(C)oc1C)NCC1CCCS1. The molecule has 1 unspecified atom stereocenters. The smallest absolute Gasteiger partial charge is 0.191 e. The summed E-state index contributed by atoms with van der Waals surface area (Å²) in [6, 6.07) is 2.07. The van der Waals surface area contributed by atoms with Crippen molar-refractivity contribution in [1.29, 1.82) is 0 Å². The summed E-state index contributed by atoms with van der Waals surface area (Å²) in [5, 5.41) is 7.46. The molecule has 0 spiro atoms. The van der Waals surface area contributed by atoms with Crippen molar-refractivity contribution < 1.29 is 4.42 Å². The van der Waals surface area contributed by atoms with Gasteiger partial charge < -0.3 is 15.1 Å². The predicted octanol–water partition coefficient (Wildman–Crippen LogP) is 2.46. The summed E-state index contributed by atoms with van der Waals surface area (Å²) in [6.07, 6.45) is 2.66. The Morgan fingerprint density at radius 2 is 2.32 bits per heavy atom. The van der Waals surface area contributed by atoms with Crippen LogP contribution in [0.5, 0.6) is 0 Å². The van der Waals surface area contributed by atoms with E-state index in [0.29, 0.717) is 0 Å². The summed E-state index contributed by atoms with van der Waals surface area (Å²) in [7, 11) is 1.81. The Bertz CT molecular complexity index is 436. The van der Waals surface area contributed by atoms with Gasteiger partial charge in [0.15, 0.2) is 5.96 Å². The van der Waals surface area contributed by atoms with Crippen LogP contribution < -0.4 is 10.6 Å². The predicted molar refractivity (Wildman–Crippen MR) is 81.9 cm³/mol. The molecule has 1 saturated heterocycles. The van der Waals surface area contributed by atoms with Gasteiger partial charge in [0.05, 0.1) is 0 Å². The Labute approximate surface area is 119 Å². The van der Waals surface area contributed by atoms with Gasteiger partial charge in [0.2, 0.25) is 0 Å². The Morgan fingerprint density at radius 3 is 2.89 bits per heavy atom. The number of guanidine groups is 1. The lowest BCUT2D eigenvalue weighted by molar-refractivity contribution is 0.500. The molecule has 4 nitrogen and oxygen atoms in total. The van der Waals surface area contributed by atoms with Crippen LogP contribution >= 0.6 is 11.8 Å². The first kappa shape index (κ1) is 14.3. The molecule has 0 amide bonds. The zero-order chi connectivity index (χ0) is 13.7. The summed E-state index contributed by atoms with van der Waals surface area (Å²) in [5.41, 5.74) is 1.19. The van der Waals surface area contributed by atoms with E-state index in [1.807, 2.05) is 20.9 Å². The van der Waals surface area contributed by atoms with E-state index in [-0.39, 0.29) is 0 Å². The van der Waals surface area contributed by atoms with Gasteiger partial charge in [-0.3, -0.25) is 4.99 Å². The fourth-order valence-corrected chi connectivity index (χ4v) is 3.48. The molecular weight excluding hydrogens is 258 g/mol. The molecule has 0 bridgehead atoms. The minimum Gasteiger partial charge on any atom is -0.466 e. The third-order valence-electron chi connectivity index (χ3n) is 3.33. The van der Waals surface area contributed by atoms with Crippen LogP contribution in [-0.2, 0) is 6.54 Å². The highest BCUT2D eigenvalue weighted by Gasteiger charge is 2.15. The average molecular weight is 281 g/mol. The molecule has 1 aliphatic heterocycles. The van der Waals surface area contributed by atoms with Gasteiger partial charge in [-0.15, -0.1) is 0 Å². The molecule has 19 heavy (non-hydrogen) atoms. The van der Waals surface area contributed by atoms with Gasteiger partial charge in [0.1, 0.15) is 11.5 Å². The molecule has 2 heterocycles. The highest BCUT2D eigenvalue weighted by atomic mass is 32.2. The summed E-state index contributed by atoms with van der Waals surface area (Å²) in [6.45, 7) is 5.71. The number of rotatable bonds is 4. The molecule has 2 rings (SSSR count). The van der Waals surface area contributed by atoms with Crippen LogP contribution in [0.1, 0.15) is 29.9 Å². The van der Waals surface area contributed by atoms with Gasteiger partial charge in [0, 0.05) is 31.0 Å². The van der Waals surface area contributed by atoms with Crippen molar-refractivity contribution in [3.63, 3.8) is 0 Å². The highest BCUT2D eigenvalue weighted by Crippen LogP contribution is 2.25. The topological polar surface area (TPSA) is 49.6 Å². The second kappa shape index (κ2) is 6.89. The van der Waals surface area contributed by atoms with Crippen molar-refractivity contribution in [1.82, 2.24) is 10.6 Å². The van der Waals surface area contributed by atoms with E-state index in [9.17, 15) is 0 Å². The number of nitrogens with one attached hydrogen (secondary N) is 2. The third kappa shape index (κ3) is 4.20. The lowest BCUT2D eigenvalue weighted by Gasteiger charge is -2.14. The van der Waals surface area contributed by atoms with Gasteiger partial charge in [-0.25, -0.2) is 0 Å². The van der Waals surface area contributed by atoms with E-state index >= 15 is 0 Å². The summed E-state index contributed by atoms with van der Waals surface area (Å²) >= 11 is 2.05. The van der Waals surface area contributed by atoms with Crippen LogP contribution in [0.4, 0.5) is 0 Å². The van der Waals surface area contributed by atoms with Crippen molar-refractivity contribution in [3.8, 4) is 0 Å². The number of thioether (sulfide) groups is 1. The average Bonchev–Trinajstić information content (AvgIpc) is 3.00. The molecule has 106 valence electrons. The third-order valence-corrected chi connectivity index (χ3v) is 4.73. The summed E-state index contributed by atoms with van der Waals surface area (Å²) in [5.74, 6) is 4.10. The number of hydrogen-bond acceptors (Lipinski definition) is 3. The second-order valence-electron chi connectivity index (χ2n) is 4.88. The van der Waals surface area contributed by atoms with E-state index < -0.39 is 0 Å². The standard InChI is InChI=1S/C14H23N3OS/c1-10-7-12(11(2)18-10)8-16-14(15-3)17-9-13-5-4-6-19-13/h7,13H,4-6,8-9H2,1-3H3,(H2,15,16,17). The maximum Gasteiger partial charge on any atom is 0.191 e. The normalized spacial score (nSPS) is 19.7. The Hall–Kier alpha value is -1.10. The van der Waals surface area contributed by atoms with Crippen LogP contribution in [-0.4, -0.2) is 30.6 Å². The quantitative estimate of drug-likeness (QED) is 0.657. The van der Waals surface area contributed by atoms with E-state index in [2.05, 4.69) is 33.5 Å². The first-order valence-electron chi connectivity index (χ1n) is 6.81. The fourth-order valence-electron chi connectivity index (χ4n) is 2.27. The zero-order valence-corrected chi connectivity index (χ0v) is 12.8. The zero-order valence-electron chi connectivity index (χ0n) is 12.0. The van der Waals surface area contributed by atoms with E-state index in [1.165, 1.54) is 24.2 Å². The minimum atomic E-state index is 0.733. The van der Waals surface area contributed by atoms with Gasteiger partial charge in [0.25, 0.3) is 0 Å². The Kier molecular flexibility index (Phi) is 5.19. The maximum absolute atomic E-state index is 5.52. The molecule has 1 aliphatic rings. The molecule has 0 saturated carbocycles. The number of nitrogens with zero attached hydrogens (tertiary/aromatic N) is 1. The van der Waals surface area contributed by atoms with Gasteiger partial charge in [-0.05, 0) is 38.5 Å². The second-order valence-corrected chi connectivity index (χ2v) is 6.29. The van der Waals surface area contributed by atoms with E-state index in [1.54, 1.807) is 0 Å². The number of aliphatic imine (C=N–C) groups is 1. The Balaban J connectivity index is 1.77. The Morgan fingerprint density at radius 1 is 1.47 bits per heavy atom. The summed E-state index contributed by atoms with van der Waals surface area (Å²) < 4.78 is 5.52. The lowest BCUT2D eigenvalue weighted by atomic mass is 10.2. The van der Waals surface area contributed by atoms with Crippen molar-refractivity contribution in [2.75, 3.05) is 19.3 Å². The van der Waals surface area contributed by atoms with Gasteiger partial charge >= 0.3 is 0 Å². The van der Waals surface area contributed by atoms with Gasteiger partial charge in [-0.2, -0.15) is 11.8 Å². The number of aryl methyl sites for hydroxylation is 2. The number of furan rings is 1. The maximum atomic E-state index is 5.52. The van der Waals surface area contributed by atoms with Crippen LogP contribution in [0.25, 0.3) is 0 Å². The van der Waals surface area contributed by atoms with E-state index in [4.69, 9.17) is 4.42 Å². The molecule has 1 atom stereocenters. The highest BCUT2D eigenvalue weighted by molar-refractivity contribution is 8.00. The molecule has 2 N–H and O–H groups in total. The fraction of sp³-hybridized carbons (Fsp3) is 0.643. The first-order valence-corrected chi connectivity index (χ1v) is 7.86. The van der Waals surface area contributed by atoms with Crippen molar-refractivity contribution in [2.45, 2.75) is 38.5 Å². The summed E-state index contributed by atoms with van der Waals surface area (Å²) in [4.78, 5) is 4.26. The van der Waals surface area contributed by atoms with E-state index in [0.717, 1.165) is 35.8 Å². The van der Waals surface area contributed by atoms with Crippen LogP contribution in [0.3, 0.4) is 0 Å². The molecule has 1 aromatic rings. The number of hydrogen-bond donors (Lipinski definition) is 2. The molecule has 1 fully saturated rings. The molecule has 0 radical (unpaired) electrons. The van der Waals surface area contributed by atoms with Crippen molar-refractivity contribution >= 4 is 17.7 Å².